The summed E-state index contributed by atoms with van der Waals surface area (Å²) in [5, 5.41) is 2.76. The third-order valence-electron chi connectivity index (χ3n) is 3.72. The molecule has 6 heteroatoms. The Morgan fingerprint density at radius 3 is 2.17 bits per heavy atom. The number of primary amides is 1. The molecule has 0 spiro atoms. The first-order chi connectivity index (χ1) is 8.22. The number of rotatable bonds is 5. The lowest BCUT2D eigenvalue weighted by molar-refractivity contribution is -0.129. The van der Waals surface area contributed by atoms with Gasteiger partial charge in [0, 0.05) is 6.54 Å². The average Bonchev–Trinajstić information content (AvgIpc) is 2.76. The molecule has 1 saturated carbocycles. The van der Waals surface area contributed by atoms with Gasteiger partial charge in [-0.3, -0.25) is 9.59 Å². The Bertz CT molecular complexity index is 374. The van der Waals surface area contributed by atoms with Crippen LogP contribution in [0.5, 0.6) is 0 Å². The maximum absolute atomic E-state index is 12.2. The summed E-state index contributed by atoms with van der Waals surface area (Å²) in [5.74, 6) is -0.625. The smallest absolute Gasteiger partial charge is 0.233 e. The molecule has 0 saturated heterocycles. The molecule has 0 bridgehead atoms. The highest BCUT2D eigenvalue weighted by molar-refractivity contribution is 7.80. The third kappa shape index (κ3) is 2.80. The molecule has 18 heavy (non-hydrogen) atoms. The minimum absolute atomic E-state index is 0.179. The van der Waals surface area contributed by atoms with Gasteiger partial charge in [-0.25, -0.2) is 0 Å². The molecule has 0 radical (unpaired) electrons. The lowest BCUT2D eigenvalue weighted by atomic mass is 9.84. The first kappa shape index (κ1) is 14.9. The Balaban J connectivity index is 2.70. The van der Waals surface area contributed by atoms with Crippen molar-refractivity contribution < 1.29 is 9.59 Å². The summed E-state index contributed by atoms with van der Waals surface area (Å²) >= 11 is 5.03. The largest absolute Gasteiger partial charge is 0.392 e. The van der Waals surface area contributed by atoms with Crippen molar-refractivity contribution >= 4 is 29.0 Å². The molecule has 1 rings (SSSR count). The molecule has 5 nitrogen and oxygen atoms in total. The van der Waals surface area contributed by atoms with Gasteiger partial charge in [-0.2, -0.15) is 0 Å². The zero-order chi connectivity index (χ0) is 14.0. The van der Waals surface area contributed by atoms with Crippen LogP contribution < -0.4 is 16.8 Å². The number of hydrogen-bond donors (Lipinski definition) is 3. The van der Waals surface area contributed by atoms with Crippen molar-refractivity contribution in [3.05, 3.63) is 0 Å². The van der Waals surface area contributed by atoms with Crippen LogP contribution in [0.1, 0.15) is 39.5 Å². The fraction of sp³-hybridized carbons (Fsp3) is 0.750. The van der Waals surface area contributed by atoms with E-state index in [2.05, 4.69) is 5.32 Å². The number of amides is 2. The Labute approximate surface area is 113 Å². The van der Waals surface area contributed by atoms with Crippen LogP contribution in [0.4, 0.5) is 0 Å². The van der Waals surface area contributed by atoms with Crippen LogP contribution in [-0.4, -0.2) is 23.3 Å². The maximum atomic E-state index is 12.2. The molecule has 1 aliphatic carbocycles. The summed E-state index contributed by atoms with van der Waals surface area (Å²) in [7, 11) is 0. The Hall–Kier alpha value is -1.17. The molecule has 5 N–H and O–H groups in total. The van der Waals surface area contributed by atoms with Crippen molar-refractivity contribution in [3.63, 3.8) is 0 Å². The zero-order valence-electron chi connectivity index (χ0n) is 10.9. The van der Waals surface area contributed by atoms with E-state index in [9.17, 15) is 9.59 Å². The van der Waals surface area contributed by atoms with Crippen molar-refractivity contribution in [3.8, 4) is 0 Å². The summed E-state index contributed by atoms with van der Waals surface area (Å²) in [5.41, 5.74) is 9.47. The van der Waals surface area contributed by atoms with Crippen molar-refractivity contribution in [2.75, 3.05) is 6.54 Å². The molecular formula is C12H21N3O2S. The average molecular weight is 271 g/mol. The molecule has 0 aromatic heterocycles. The summed E-state index contributed by atoms with van der Waals surface area (Å²) in [6, 6.07) is 0. The molecule has 2 amide bonds. The van der Waals surface area contributed by atoms with Gasteiger partial charge in [0.2, 0.25) is 11.8 Å². The van der Waals surface area contributed by atoms with E-state index in [0.29, 0.717) is 12.8 Å². The molecule has 0 unspecified atom stereocenters. The fourth-order valence-corrected chi connectivity index (χ4v) is 2.42. The van der Waals surface area contributed by atoms with E-state index in [1.165, 1.54) is 0 Å². The van der Waals surface area contributed by atoms with Gasteiger partial charge in [-0.15, -0.1) is 0 Å². The molecule has 0 aromatic carbocycles. The van der Waals surface area contributed by atoms with E-state index < -0.39 is 16.7 Å². The normalized spacial score (nSPS) is 18.3. The first-order valence-corrected chi connectivity index (χ1v) is 6.51. The van der Waals surface area contributed by atoms with Crippen molar-refractivity contribution in [2.45, 2.75) is 39.5 Å². The second-order valence-corrected chi connectivity index (χ2v) is 6.02. The number of carbonyl (C=O) groups excluding carboxylic acids is 2. The minimum Gasteiger partial charge on any atom is -0.392 e. The molecule has 0 atom stereocenters. The highest BCUT2D eigenvalue weighted by atomic mass is 32.1. The summed E-state index contributed by atoms with van der Waals surface area (Å²) in [6.07, 6.45) is 3.27. The third-order valence-corrected chi connectivity index (χ3v) is 4.11. The monoisotopic (exact) mass is 271 g/mol. The Morgan fingerprint density at radius 2 is 1.78 bits per heavy atom. The van der Waals surface area contributed by atoms with Crippen molar-refractivity contribution in [1.29, 1.82) is 0 Å². The van der Waals surface area contributed by atoms with E-state index in [-0.39, 0.29) is 17.4 Å². The minimum atomic E-state index is -0.772. The Kier molecular flexibility index (Phi) is 4.32. The van der Waals surface area contributed by atoms with Gasteiger partial charge in [0.1, 0.15) is 0 Å². The van der Waals surface area contributed by atoms with Crippen LogP contribution in [-0.2, 0) is 9.59 Å². The molecule has 0 aromatic rings. The lowest BCUT2D eigenvalue weighted by Crippen LogP contribution is -2.51. The van der Waals surface area contributed by atoms with Crippen LogP contribution in [0.3, 0.4) is 0 Å². The fourth-order valence-electron chi connectivity index (χ4n) is 2.12. The van der Waals surface area contributed by atoms with E-state index in [1.54, 1.807) is 13.8 Å². The van der Waals surface area contributed by atoms with Crippen molar-refractivity contribution in [2.24, 2.45) is 22.3 Å². The van der Waals surface area contributed by atoms with E-state index >= 15 is 0 Å². The van der Waals surface area contributed by atoms with Crippen molar-refractivity contribution in [1.82, 2.24) is 5.32 Å². The van der Waals surface area contributed by atoms with Gasteiger partial charge in [-0.05, 0) is 26.7 Å². The zero-order valence-corrected chi connectivity index (χ0v) is 11.7. The lowest BCUT2D eigenvalue weighted by Gasteiger charge is -2.29. The Morgan fingerprint density at radius 1 is 1.28 bits per heavy atom. The highest BCUT2D eigenvalue weighted by Gasteiger charge is 2.44. The standard InChI is InChI=1S/C12H21N3O2S/c1-11(2,8(13)16)7-15-10(17)12(9(14)18)5-3-4-6-12/h3-7H2,1-2H3,(H2,13,16)(H2,14,18)(H,15,17). The van der Waals surface area contributed by atoms with E-state index in [1.807, 2.05) is 0 Å². The van der Waals surface area contributed by atoms with Crippen LogP contribution in [0.25, 0.3) is 0 Å². The molecule has 0 aliphatic heterocycles. The number of carbonyl (C=O) groups is 2. The second-order valence-electron chi connectivity index (χ2n) is 5.58. The van der Waals surface area contributed by atoms with Crippen LogP contribution in [0.2, 0.25) is 0 Å². The van der Waals surface area contributed by atoms with Gasteiger partial charge >= 0.3 is 0 Å². The topological polar surface area (TPSA) is 98.2 Å². The van der Waals surface area contributed by atoms with Gasteiger partial charge in [-0.1, -0.05) is 25.1 Å². The van der Waals surface area contributed by atoms with Crippen LogP contribution >= 0.6 is 12.2 Å². The van der Waals surface area contributed by atoms with Gasteiger partial charge in [0.25, 0.3) is 0 Å². The molecule has 1 aliphatic rings. The number of nitrogens with two attached hydrogens (primary N) is 2. The highest BCUT2D eigenvalue weighted by Crippen LogP contribution is 2.38. The van der Waals surface area contributed by atoms with E-state index in [0.717, 1.165) is 12.8 Å². The number of hydrogen-bond acceptors (Lipinski definition) is 3. The number of nitrogens with one attached hydrogen (secondary N) is 1. The quantitative estimate of drug-likeness (QED) is 0.633. The summed E-state index contributed by atoms with van der Waals surface area (Å²) < 4.78 is 0. The first-order valence-electron chi connectivity index (χ1n) is 6.10. The SMILES string of the molecule is CC(C)(CNC(=O)C1(C(N)=S)CCCC1)C(N)=O. The van der Waals surface area contributed by atoms with Gasteiger partial charge < -0.3 is 16.8 Å². The summed E-state index contributed by atoms with van der Waals surface area (Å²) in [6.45, 7) is 3.58. The molecule has 1 fully saturated rings. The second kappa shape index (κ2) is 5.22. The van der Waals surface area contributed by atoms with Crippen LogP contribution in [0.15, 0.2) is 0 Å². The van der Waals surface area contributed by atoms with Gasteiger partial charge in [0.15, 0.2) is 0 Å². The molecule has 0 heterocycles. The van der Waals surface area contributed by atoms with Gasteiger partial charge in [0.05, 0.1) is 15.8 Å². The summed E-state index contributed by atoms with van der Waals surface area (Å²) in [4.78, 5) is 23.7. The van der Waals surface area contributed by atoms with E-state index in [4.69, 9.17) is 23.7 Å². The maximum Gasteiger partial charge on any atom is 0.233 e. The predicted molar refractivity (Wildman–Crippen MR) is 73.7 cm³/mol. The van der Waals surface area contributed by atoms with Crippen LogP contribution in [0, 0.1) is 10.8 Å². The predicted octanol–water partition coefficient (Wildman–Crippen LogP) is 0.461. The molecular weight excluding hydrogens is 250 g/mol. The molecule has 102 valence electrons. The number of thiocarbonyl (C=S) groups is 1.